The number of nitrogens with zero attached hydrogens (tertiary/aromatic N) is 4. The number of amides is 1. The second kappa shape index (κ2) is 14.4. The minimum atomic E-state index is -0.112. The Balaban J connectivity index is 1.27. The SMILES string of the molecule is COc1ccc(C(CCN2CCCN(c3nc4ccccc4[nH]3)CC2)CN(C)C(=O)c2cc(OC)c(OC)c(OC)c2)cc1. The van der Waals surface area contributed by atoms with E-state index in [2.05, 4.69) is 33.0 Å². The summed E-state index contributed by atoms with van der Waals surface area (Å²) in [6.07, 6.45) is 1.97. The summed E-state index contributed by atoms with van der Waals surface area (Å²) in [6, 6.07) is 19.7. The van der Waals surface area contributed by atoms with E-state index < -0.39 is 0 Å². The summed E-state index contributed by atoms with van der Waals surface area (Å²) in [6.45, 7) is 5.33. The number of imidazole rings is 1. The molecule has 5 rings (SSSR count). The van der Waals surface area contributed by atoms with Gasteiger partial charge in [0.1, 0.15) is 5.75 Å². The Morgan fingerprint density at radius 3 is 2.30 bits per heavy atom. The van der Waals surface area contributed by atoms with E-state index in [1.54, 1.807) is 45.5 Å². The molecule has 0 saturated carbocycles. The molecular weight excluding hydrogens is 558 g/mol. The number of ether oxygens (including phenoxy) is 4. The number of rotatable bonds is 12. The van der Waals surface area contributed by atoms with Crippen molar-refractivity contribution in [1.82, 2.24) is 19.8 Å². The van der Waals surface area contributed by atoms with E-state index in [-0.39, 0.29) is 11.8 Å². The van der Waals surface area contributed by atoms with Gasteiger partial charge in [0.05, 0.1) is 39.5 Å². The Bertz CT molecular complexity index is 1480. The largest absolute Gasteiger partial charge is 0.497 e. The molecule has 44 heavy (non-hydrogen) atoms. The molecule has 0 spiro atoms. The van der Waals surface area contributed by atoms with Gasteiger partial charge in [0.2, 0.25) is 11.7 Å². The molecule has 1 aromatic heterocycles. The van der Waals surface area contributed by atoms with Crippen LogP contribution < -0.4 is 23.8 Å². The monoisotopic (exact) mass is 601 g/mol. The number of aromatic nitrogens is 2. The molecule has 1 atom stereocenters. The molecule has 1 fully saturated rings. The van der Waals surface area contributed by atoms with Crippen LogP contribution in [-0.2, 0) is 0 Å². The molecule has 234 valence electrons. The maximum atomic E-state index is 13.7. The summed E-state index contributed by atoms with van der Waals surface area (Å²) in [7, 11) is 8.17. The molecular formula is C34H43N5O5. The van der Waals surface area contributed by atoms with Gasteiger partial charge in [-0.2, -0.15) is 0 Å². The number of likely N-dealkylation sites (N-methyl/N-ethyl adjacent to an activating group) is 1. The molecule has 4 aromatic rings. The van der Waals surface area contributed by atoms with Crippen molar-refractivity contribution >= 4 is 22.9 Å². The summed E-state index contributed by atoms with van der Waals surface area (Å²) in [4.78, 5) is 28.6. The fourth-order valence-corrected chi connectivity index (χ4v) is 5.91. The standard InChI is InChI=1S/C34H43N5O5/c1-37(33(40)26-21-30(42-3)32(44-5)31(22-26)43-4)23-25(24-11-13-27(41-2)14-12-24)15-18-38-16-8-17-39(20-19-38)34-35-28-9-6-7-10-29(28)36-34/h6-7,9-14,21-22,25H,8,15-20,23H2,1-5H3,(H,35,36). The fourth-order valence-electron chi connectivity index (χ4n) is 5.91. The van der Waals surface area contributed by atoms with Crippen molar-refractivity contribution in [3.05, 3.63) is 71.8 Å². The van der Waals surface area contributed by atoms with Gasteiger partial charge in [-0.1, -0.05) is 24.3 Å². The van der Waals surface area contributed by atoms with Crippen LogP contribution in [0, 0.1) is 0 Å². The van der Waals surface area contributed by atoms with Gasteiger partial charge in [-0.15, -0.1) is 0 Å². The molecule has 1 unspecified atom stereocenters. The van der Waals surface area contributed by atoms with Gasteiger partial charge in [0.25, 0.3) is 5.91 Å². The average molecular weight is 602 g/mol. The summed E-state index contributed by atoms with van der Waals surface area (Å²) < 4.78 is 21.8. The molecule has 10 nitrogen and oxygen atoms in total. The second-order valence-corrected chi connectivity index (χ2v) is 11.1. The topological polar surface area (TPSA) is 92.4 Å². The van der Waals surface area contributed by atoms with Gasteiger partial charge >= 0.3 is 0 Å². The van der Waals surface area contributed by atoms with Crippen molar-refractivity contribution in [2.75, 3.05) is 79.7 Å². The third-order valence-corrected chi connectivity index (χ3v) is 8.40. The van der Waals surface area contributed by atoms with Crippen LogP contribution in [0.1, 0.15) is 34.7 Å². The molecule has 0 aliphatic carbocycles. The predicted octanol–water partition coefficient (Wildman–Crippen LogP) is 5.06. The van der Waals surface area contributed by atoms with Crippen LogP contribution in [0.5, 0.6) is 23.0 Å². The number of hydrogen-bond donors (Lipinski definition) is 1. The first-order valence-corrected chi connectivity index (χ1v) is 15.1. The lowest BCUT2D eigenvalue weighted by atomic mass is 9.94. The number of anilines is 1. The van der Waals surface area contributed by atoms with Crippen molar-refractivity contribution in [2.45, 2.75) is 18.8 Å². The number of H-pyrrole nitrogens is 1. The predicted molar refractivity (Wildman–Crippen MR) is 173 cm³/mol. The van der Waals surface area contributed by atoms with Crippen LogP contribution in [0.2, 0.25) is 0 Å². The number of hydrogen-bond acceptors (Lipinski definition) is 8. The first-order chi connectivity index (χ1) is 21.4. The highest BCUT2D eigenvalue weighted by Gasteiger charge is 2.24. The van der Waals surface area contributed by atoms with E-state index >= 15 is 0 Å². The Hall–Kier alpha value is -4.44. The highest BCUT2D eigenvalue weighted by Crippen LogP contribution is 2.38. The zero-order valence-electron chi connectivity index (χ0n) is 26.3. The van der Waals surface area contributed by atoms with Crippen molar-refractivity contribution < 1.29 is 23.7 Å². The molecule has 0 radical (unpaired) electrons. The van der Waals surface area contributed by atoms with E-state index in [4.69, 9.17) is 23.9 Å². The molecule has 1 N–H and O–H groups in total. The molecule has 1 amide bonds. The second-order valence-electron chi connectivity index (χ2n) is 11.1. The molecule has 10 heteroatoms. The van der Waals surface area contributed by atoms with Crippen LogP contribution in [0.4, 0.5) is 5.95 Å². The number of carbonyl (C=O) groups excluding carboxylic acids is 1. The van der Waals surface area contributed by atoms with E-state index in [0.717, 1.165) is 68.3 Å². The van der Waals surface area contributed by atoms with Crippen LogP contribution >= 0.6 is 0 Å². The fraction of sp³-hybridized carbons (Fsp3) is 0.412. The summed E-state index contributed by atoms with van der Waals surface area (Å²) >= 11 is 0. The number of methoxy groups -OCH3 is 4. The number of fused-ring (bicyclic) bond motifs is 1. The lowest BCUT2D eigenvalue weighted by Gasteiger charge is -2.28. The minimum Gasteiger partial charge on any atom is -0.497 e. The summed E-state index contributed by atoms with van der Waals surface area (Å²) in [5.41, 5.74) is 3.72. The van der Waals surface area contributed by atoms with E-state index in [9.17, 15) is 4.79 Å². The van der Waals surface area contributed by atoms with Gasteiger partial charge in [0.15, 0.2) is 11.5 Å². The van der Waals surface area contributed by atoms with Crippen molar-refractivity contribution in [2.24, 2.45) is 0 Å². The first kappa shape index (κ1) is 31.0. The van der Waals surface area contributed by atoms with Gasteiger partial charge in [0, 0.05) is 44.7 Å². The Kier molecular flexibility index (Phi) is 10.1. The molecule has 1 aliphatic heterocycles. The van der Waals surface area contributed by atoms with Crippen LogP contribution in [0.15, 0.2) is 60.7 Å². The Morgan fingerprint density at radius 2 is 1.64 bits per heavy atom. The van der Waals surface area contributed by atoms with E-state index in [0.29, 0.717) is 29.4 Å². The van der Waals surface area contributed by atoms with Crippen molar-refractivity contribution in [1.29, 1.82) is 0 Å². The zero-order chi connectivity index (χ0) is 31.1. The van der Waals surface area contributed by atoms with Crippen LogP contribution in [0.25, 0.3) is 11.0 Å². The number of carbonyl (C=O) groups is 1. The lowest BCUT2D eigenvalue weighted by Crippen LogP contribution is -2.35. The van der Waals surface area contributed by atoms with Crippen molar-refractivity contribution in [3.63, 3.8) is 0 Å². The lowest BCUT2D eigenvalue weighted by molar-refractivity contribution is 0.0782. The highest BCUT2D eigenvalue weighted by atomic mass is 16.5. The molecule has 3 aromatic carbocycles. The third kappa shape index (κ3) is 7.02. The maximum Gasteiger partial charge on any atom is 0.253 e. The Labute approximate surface area is 259 Å². The van der Waals surface area contributed by atoms with Gasteiger partial charge in [-0.25, -0.2) is 4.98 Å². The summed E-state index contributed by atoms with van der Waals surface area (Å²) in [5, 5.41) is 0. The Morgan fingerprint density at radius 1 is 0.909 bits per heavy atom. The first-order valence-electron chi connectivity index (χ1n) is 15.1. The van der Waals surface area contributed by atoms with Crippen LogP contribution in [0.3, 0.4) is 0 Å². The molecule has 1 saturated heterocycles. The number of nitrogens with one attached hydrogen (secondary N) is 1. The molecule has 0 bridgehead atoms. The molecule has 2 heterocycles. The number of para-hydroxylation sites is 2. The zero-order valence-corrected chi connectivity index (χ0v) is 26.3. The average Bonchev–Trinajstić information content (AvgIpc) is 3.36. The van der Waals surface area contributed by atoms with Gasteiger partial charge in [-0.3, -0.25) is 4.79 Å². The quantitative estimate of drug-likeness (QED) is 0.241. The highest BCUT2D eigenvalue weighted by molar-refractivity contribution is 5.95. The van der Waals surface area contributed by atoms with E-state index in [1.807, 2.05) is 37.4 Å². The third-order valence-electron chi connectivity index (χ3n) is 8.40. The van der Waals surface area contributed by atoms with Crippen LogP contribution in [-0.4, -0.2) is 100 Å². The maximum absolute atomic E-state index is 13.7. The van der Waals surface area contributed by atoms with Gasteiger partial charge < -0.3 is 38.6 Å². The van der Waals surface area contributed by atoms with E-state index in [1.165, 1.54) is 5.56 Å². The van der Waals surface area contributed by atoms with Crippen molar-refractivity contribution in [3.8, 4) is 23.0 Å². The molecule has 1 aliphatic rings. The number of aromatic amines is 1. The number of benzene rings is 3. The summed E-state index contributed by atoms with van der Waals surface area (Å²) in [5.74, 6) is 3.14. The normalized spacial score (nSPS) is 14.6. The van der Waals surface area contributed by atoms with Gasteiger partial charge in [-0.05, 0) is 67.9 Å². The smallest absolute Gasteiger partial charge is 0.253 e. The minimum absolute atomic E-state index is 0.112.